The van der Waals surface area contributed by atoms with Crippen molar-refractivity contribution in [1.82, 2.24) is 4.98 Å². The monoisotopic (exact) mass is 269 g/mol. The molecule has 3 N–H and O–H groups in total. The summed E-state index contributed by atoms with van der Waals surface area (Å²) in [5, 5.41) is 2.77. The minimum absolute atomic E-state index is 0.184. The zero-order valence-corrected chi connectivity index (χ0v) is 11.1. The second kappa shape index (κ2) is 4.94. The van der Waals surface area contributed by atoms with E-state index in [0.29, 0.717) is 30.3 Å². The smallest absolute Gasteiger partial charge is 0.256 e. The number of hydrogen-bond acceptors (Lipinski definition) is 4. The zero-order chi connectivity index (χ0) is 14.1. The first kappa shape index (κ1) is 12.6. The van der Waals surface area contributed by atoms with Crippen LogP contribution in [0.2, 0.25) is 0 Å². The van der Waals surface area contributed by atoms with Gasteiger partial charge in [-0.15, -0.1) is 0 Å². The third-order valence-electron chi connectivity index (χ3n) is 3.38. The van der Waals surface area contributed by atoms with Crippen LogP contribution in [0.1, 0.15) is 27.0 Å². The molecule has 0 saturated carbocycles. The summed E-state index contributed by atoms with van der Waals surface area (Å²) in [6.45, 7) is 3.06. The number of carbonyl (C=O) groups is 1. The summed E-state index contributed by atoms with van der Waals surface area (Å²) in [7, 11) is 0. The van der Waals surface area contributed by atoms with Gasteiger partial charge in [0.25, 0.3) is 5.91 Å². The molecule has 102 valence electrons. The first-order valence-corrected chi connectivity index (χ1v) is 6.36. The zero-order valence-electron chi connectivity index (χ0n) is 11.1. The lowest BCUT2D eigenvalue weighted by Gasteiger charge is -2.07. The first-order chi connectivity index (χ1) is 9.63. The van der Waals surface area contributed by atoms with Crippen LogP contribution >= 0.6 is 0 Å². The maximum atomic E-state index is 12.2. The molecular formula is C15H15N3O2. The number of rotatable bonds is 2. The molecule has 1 aromatic carbocycles. The lowest BCUT2D eigenvalue weighted by Crippen LogP contribution is -2.13. The standard InChI is InChI=1S/C15H15N3O2/c1-9-4-14(17-6-13(9)16)18-15(19)10-2-3-11-7-20-8-12(11)5-10/h2-6H,7-8,16H2,1H3,(H,17,18,19). The van der Waals surface area contributed by atoms with Gasteiger partial charge >= 0.3 is 0 Å². The van der Waals surface area contributed by atoms with Crippen molar-refractivity contribution in [3.8, 4) is 0 Å². The predicted octanol–water partition coefficient (Wildman–Crippen LogP) is 2.25. The third kappa shape index (κ3) is 2.35. The maximum absolute atomic E-state index is 12.2. The number of amides is 1. The highest BCUT2D eigenvalue weighted by Crippen LogP contribution is 2.21. The Bertz CT molecular complexity index is 683. The molecule has 0 saturated heterocycles. The Morgan fingerprint density at radius 2 is 2.10 bits per heavy atom. The molecule has 2 aromatic rings. The maximum Gasteiger partial charge on any atom is 0.256 e. The Labute approximate surface area is 116 Å². The van der Waals surface area contributed by atoms with Crippen molar-refractivity contribution in [1.29, 1.82) is 0 Å². The van der Waals surface area contributed by atoms with Gasteiger partial charge in [-0.1, -0.05) is 6.07 Å². The molecule has 1 aliphatic heterocycles. The van der Waals surface area contributed by atoms with Crippen LogP contribution in [0.15, 0.2) is 30.5 Å². The van der Waals surface area contributed by atoms with Gasteiger partial charge in [0.05, 0.1) is 25.1 Å². The summed E-state index contributed by atoms with van der Waals surface area (Å²) in [6.07, 6.45) is 1.54. The van der Waals surface area contributed by atoms with Crippen LogP contribution < -0.4 is 11.1 Å². The quantitative estimate of drug-likeness (QED) is 0.876. The van der Waals surface area contributed by atoms with Crippen LogP contribution in [0, 0.1) is 6.92 Å². The van der Waals surface area contributed by atoms with Gasteiger partial charge in [-0.05, 0) is 41.8 Å². The molecule has 5 heteroatoms. The molecule has 20 heavy (non-hydrogen) atoms. The van der Waals surface area contributed by atoms with Crippen LogP contribution in [0.25, 0.3) is 0 Å². The fourth-order valence-electron chi connectivity index (χ4n) is 2.14. The average Bonchev–Trinajstić information content (AvgIpc) is 2.90. The van der Waals surface area contributed by atoms with Crippen molar-refractivity contribution in [2.24, 2.45) is 0 Å². The molecule has 1 aliphatic rings. The van der Waals surface area contributed by atoms with Crippen LogP contribution in [0.3, 0.4) is 0 Å². The van der Waals surface area contributed by atoms with E-state index in [1.807, 2.05) is 19.1 Å². The highest BCUT2D eigenvalue weighted by atomic mass is 16.5. The number of ether oxygens (including phenoxy) is 1. The summed E-state index contributed by atoms with van der Waals surface area (Å²) >= 11 is 0. The fourth-order valence-corrected chi connectivity index (χ4v) is 2.14. The van der Waals surface area contributed by atoms with Gasteiger partial charge in [-0.25, -0.2) is 4.98 Å². The highest BCUT2D eigenvalue weighted by Gasteiger charge is 2.14. The molecule has 5 nitrogen and oxygen atoms in total. The largest absolute Gasteiger partial charge is 0.397 e. The number of aryl methyl sites for hydroxylation is 1. The van der Waals surface area contributed by atoms with Gasteiger partial charge in [0.2, 0.25) is 0 Å². The molecule has 0 radical (unpaired) electrons. The number of nitrogens with one attached hydrogen (secondary N) is 1. The summed E-state index contributed by atoms with van der Waals surface area (Å²) in [5.41, 5.74) is 10.0. The number of fused-ring (bicyclic) bond motifs is 1. The Balaban J connectivity index is 1.80. The second-order valence-electron chi connectivity index (χ2n) is 4.86. The van der Waals surface area contributed by atoms with E-state index in [1.54, 1.807) is 18.3 Å². The van der Waals surface area contributed by atoms with E-state index >= 15 is 0 Å². The van der Waals surface area contributed by atoms with Gasteiger partial charge in [0.1, 0.15) is 5.82 Å². The fraction of sp³-hybridized carbons (Fsp3) is 0.200. The summed E-state index contributed by atoms with van der Waals surface area (Å²) in [6, 6.07) is 7.34. The van der Waals surface area contributed by atoms with E-state index in [-0.39, 0.29) is 5.91 Å². The Morgan fingerprint density at radius 3 is 2.90 bits per heavy atom. The van der Waals surface area contributed by atoms with Crippen molar-refractivity contribution in [2.75, 3.05) is 11.1 Å². The van der Waals surface area contributed by atoms with E-state index in [4.69, 9.17) is 10.5 Å². The first-order valence-electron chi connectivity index (χ1n) is 6.36. The molecule has 0 unspecified atom stereocenters. The van der Waals surface area contributed by atoms with Crippen molar-refractivity contribution in [3.05, 3.63) is 52.7 Å². The minimum atomic E-state index is -0.184. The normalized spacial score (nSPS) is 13.1. The summed E-state index contributed by atoms with van der Waals surface area (Å²) in [5.74, 6) is 0.315. The number of nitrogens with two attached hydrogens (primary N) is 1. The summed E-state index contributed by atoms with van der Waals surface area (Å²) < 4.78 is 5.34. The molecular weight excluding hydrogens is 254 g/mol. The van der Waals surface area contributed by atoms with E-state index in [2.05, 4.69) is 10.3 Å². The van der Waals surface area contributed by atoms with Gasteiger partial charge in [-0.3, -0.25) is 4.79 Å². The molecule has 0 fully saturated rings. The lowest BCUT2D eigenvalue weighted by atomic mass is 10.1. The molecule has 3 rings (SSSR count). The Hall–Kier alpha value is -2.40. The predicted molar refractivity (Wildman–Crippen MR) is 76.3 cm³/mol. The second-order valence-corrected chi connectivity index (χ2v) is 4.86. The number of carbonyl (C=O) groups excluding carboxylic acids is 1. The number of aromatic nitrogens is 1. The van der Waals surface area contributed by atoms with E-state index < -0.39 is 0 Å². The Morgan fingerprint density at radius 1 is 1.30 bits per heavy atom. The molecule has 0 aliphatic carbocycles. The SMILES string of the molecule is Cc1cc(NC(=O)c2ccc3c(c2)COC3)ncc1N. The van der Waals surface area contributed by atoms with Crippen LogP contribution in [0.5, 0.6) is 0 Å². The lowest BCUT2D eigenvalue weighted by molar-refractivity contribution is 0.102. The van der Waals surface area contributed by atoms with E-state index in [1.165, 1.54) is 0 Å². The van der Waals surface area contributed by atoms with Gasteiger partial charge < -0.3 is 15.8 Å². The van der Waals surface area contributed by atoms with Gasteiger partial charge in [-0.2, -0.15) is 0 Å². The minimum Gasteiger partial charge on any atom is -0.397 e. The van der Waals surface area contributed by atoms with Crippen molar-refractivity contribution < 1.29 is 9.53 Å². The molecule has 1 amide bonds. The molecule has 2 heterocycles. The highest BCUT2D eigenvalue weighted by molar-refractivity contribution is 6.04. The van der Waals surface area contributed by atoms with Crippen molar-refractivity contribution >= 4 is 17.4 Å². The number of nitrogen functional groups attached to an aromatic ring is 1. The molecule has 0 bridgehead atoms. The number of nitrogens with zero attached hydrogens (tertiary/aromatic N) is 1. The van der Waals surface area contributed by atoms with E-state index in [0.717, 1.165) is 16.7 Å². The number of hydrogen-bond donors (Lipinski definition) is 2. The summed E-state index contributed by atoms with van der Waals surface area (Å²) in [4.78, 5) is 16.3. The third-order valence-corrected chi connectivity index (χ3v) is 3.38. The molecule has 1 aromatic heterocycles. The molecule has 0 atom stereocenters. The van der Waals surface area contributed by atoms with Gasteiger partial charge in [0.15, 0.2) is 0 Å². The number of pyridine rings is 1. The van der Waals surface area contributed by atoms with Crippen LogP contribution in [-0.2, 0) is 18.0 Å². The number of anilines is 2. The van der Waals surface area contributed by atoms with Crippen molar-refractivity contribution in [2.45, 2.75) is 20.1 Å². The van der Waals surface area contributed by atoms with E-state index in [9.17, 15) is 4.79 Å². The van der Waals surface area contributed by atoms with Crippen LogP contribution in [-0.4, -0.2) is 10.9 Å². The molecule has 0 spiro atoms. The Kier molecular flexibility index (Phi) is 3.12. The van der Waals surface area contributed by atoms with Crippen LogP contribution in [0.4, 0.5) is 11.5 Å². The van der Waals surface area contributed by atoms with Gasteiger partial charge in [0, 0.05) is 5.56 Å². The average molecular weight is 269 g/mol. The van der Waals surface area contributed by atoms with Crippen molar-refractivity contribution in [3.63, 3.8) is 0 Å². The number of benzene rings is 1. The topological polar surface area (TPSA) is 77.2 Å².